The lowest BCUT2D eigenvalue weighted by Crippen LogP contribution is -2.06. The number of rotatable bonds is 6. The molecule has 0 fully saturated rings. The van der Waals surface area contributed by atoms with E-state index in [-0.39, 0.29) is 12.2 Å². The molecule has 32 heavy (non-hydrogen) atoms. The number of carbonyl (C=O) groups excluding carboxylic acids is 1. The minimum atomic E-state index is 0.0210. The van der Waals surface area contributed by atoms with E-state index in [1.165, 1.54) is 11.3 Å². The molecule has 3 N–H and O–H groups in total. The Morgan fingerprint density at radius 3 is 2.78 bits per heavy atom. The number of nitrogen functional groups attached to an aromatic ring is 1. The average molecular weight is 440 g/mol. The van der Waals surface area contributed by atoms with E-state index in [0.29, 0.717) is 11.3 Å². The molecule has 0 spiro atoms. The summed E-state index contributed by atoms with van der Waals surface area (Å²) in [5, 5.41) is 6.09. The van der Waals surface area contributed by atoms with Crippen LogP contribution in [0.25, 0.3) is 17.0 Å². The Hall–Kier alpha value is -3.97. The average Bonchev–Trinajstić information content (AvgIpc) is 3.38. The summed E-state index contributed by atoms with van der Waals surface area (Å²) in [6.07, 6.45) is 2.26. The largest absolute Gasteiger partial charge is 0.398 e. The number of nitrogens with one attached hydrogen (secondary N) is 1. The molecule has 2 aromatic carbocycles. The second-order valence-electron chi connectivity index (χ2n) is 7.52. The minimum Gasteiger partial charge on any atom is -0.398 e. The van der Waals surface area contributed by atoms with Crippen LogP contribution in [0.15, 0.2) is 78.3 Å². The smallest absolute Gasteiger partial charge is 0.187 e. The molecule has 158 valence electrons. The summed E-state index contributed by atoms with van der Waals surface area (Å²) in [7, 11) is 0. The van der Waals surface area contributed by atoms with E-state index < -0.39 is 0 Å². The highest BCUT2D eigenvalue weighted by Gasteiger charge is 2.15. The third kappa shape index (κ3) is 3.86. The number of pyridine rings is 1. The van der Waals surface area contributed by atoms with Crippen molar-refractivity contribution in [3.05, 3.63) is 95.1 Å². The Morgan fingerprint density at radius 1 is 1.06 bits per heavy atom. The number of aryl methyl sites for hydroxylation is 1. The van der Waals surface area contributed by atoms with E-state index in [2.05, 4.69) is 10.3 Å². The molecule has 0 saturated heterocycles. The van der Waals surface area contributed by atoms with Gasteiger partial charge in [0.05, 0.1) is 11.4 Å². The summed E-state index contributed by atoms with van der Waals surface area (Å²) >= 11 is 1.51. The zero-order chi connectivity index (χ0) is 22.1. The molecule has 0 atom stereocenters. The molecule has 6 nitrogen and oxygen atoms in total. The van der Waals surface area contributed by atoms with Crippen LogP contribution in [0.4, 0.5) is 16.5 Å². The first-order chi connectivity index (χ1) is 15.6. The predicted molar refractivity (Wildman–Crippen MR) is 130 cm³/mol. The minimum absolute atomic E-state index is 0.0210. The summed E-state index contributed by atoms with van der Waals surface area (Å²) in [5.41, 5.74) is 12.6. The molecule has 5 aromatic rings. The lowest BCUT2D eigenvalue weighted by Gasteiger charge is -2.07. The van der Waals surface area contributed by atoms with Gasteiger partial charge in [-0.1, -0.05) is 36.4 Å². The highest BCUT2D eigenvalue weighted by Crippen LogP contribution is 2.30. The number of carbonyl (C=O) groups is 1. The number of Topliss-reactive ketones (excluding diaryl/α,β-unsaturated/α-hetero) is 1. The maximum Gasteiger partial charge on any atom is 0.187 e. The van der Waals surface area contributed by atoms with Crippen LogP contribution in [0, 0.1) is 6.92 Å². The third-order valence-electron chi connectivity index (χ3n) is 5.29. The first-order valence-corrected chi connectivity index (χ1v) is 11.1. The molecular formula is C25H21N5OS. The van der Waals surface area contributed by atoms with Gasteiger partial charge >= 0.3 is 0 Å². The Labute approximate surface area is 189 Å². The van der Waals surface area contributed by atoms with Crippen molar-refractivity contribution >= 4 is 39.3 Å². The highest BCUT2D eigenvalue weighted by molar-refractivity contribution is 7.14. The zero-order valence-electron chi connectivity index (χ0n) is 17.4. The van der Waals surface area contributed by atoms with Gasteiger partial charge in [-0.2, -0.15) is 0 Å². The summed E-state index contributed by atoms with van der Waals surface area (Å²) in [4.78, 5) is 22.2. The molecule has 0 amide bonds. The number of benzene rings is 2. The first kappa shape index (κ1) is 20.0. The number of fused-ring (bicyclic) bond motifs is 1. The second-order valence-corrected chi connectivity index (χ2v) is 8.38. The van der Waals surface area contributed by atoms with Gasteiger partial charge in [0, 0.05) is 34.9 Å². The maximum atomic E-state index is 12.8. The molecule has 0 radical (unpaired) electrons. The lowest BCUT2D eigenvalue weighted by atomic mass is 10.0. The standard InChI is InChI=1S/C25H21N5OS/c1-16-24(30-12-5-4-11-23(30)27-16)21-15-32-25(29-21)28-19-9-6-8-18(13-19)22(31)14-17-7-2-3-10-20(17)26/h2-13,15H,14,26H2,1H3,(H,28,29). The van der Waals surface area contributed by atoms with Crippen LogP contribution in [0.1, 0.15) is 21.6 Å². The Kier molecular flexibility index (Phi) is 5.17. The van der Waals surface area contributed by atoms with Crippen LogP contribution < -0.4 is 11.1 Å². The van der Waals surface area contributed by atoms with E-state index in [1.54, 1.807) is 0 Å². The number of imidazole rings is 1. The molecule has 3 aromatic heterocycles. The number of para-hydroxylation sites is 1. The van der Waals surface area contributed by atoms with Crippen LogP contribution in [0.2, 0.25) is 0 Å². The molecular weight excluding hydrogens is 418 g/mol. The fraction of sp³-hybridized carbons (Fsp3) is 0.0800. The molecule has 0 saturated carbocycles. The summed E-state index contributed by atoms with van der Waals surface area (Å²) in [6.45, 7) is 1.99. The fourth-order valence-corrected chi connectivity index (χ4v) is 4.44. The number of aromatic nitrogens is 3. The van der Waals surface area contributed by atoms with Gasteiger partial charge in [-0.3, -0.25) is 9.20 Å². The van der Waals surface area contributed by atoms with Crippen LogP contribution in [-0.4, -0.2) is 20.2 Å². The van der Waals surface area contributed by atoms with Gasteiger partial charge in [-0.05, 0) is 42.8 Å². The molecule has 0 aliphatic rings. The topological polar surface area (TPSA) is 85.3 Å². The van der Waals surface area contributed by atoms with Gasteiger partial charge in [0.25, 0.3) is 0 Å². The number of ketones is 1. The van der Waals surface area contributed by atoms with Gasteiger partial charge < -0.3 is 11.1 Å². The molecule has 0 aliphatic heterocycles. The van der Waals surface area contributed by atoms with Crippen molar-refractivity contribution in [3.63, 3.8) is 0 Å². The summed E-state index contributed by atoms with van der Waals surface area (Å²) in [6, 6.07) is 20.8. The van der Waals surface area contributed by atoms with Gasteiger partial charge in [-0.25, -0.2) is 9.97 Å². The zero-order valence-corrected chi connectivity index (χ0v) is 18.3. The second kappa shape index (κ2) is 8.28. The Bertz CT molecular complexity index is 1440. The van der Waals surface area contributed by atoms with E-state index >= 15 is 0 Å². The molecule has 0 unspecified atom stereocenters. The summed E-state index contributed by atoms with van der Waals surface area (Å²) in [5.74, 6) is 0.0210. The van der Waals surface area contributed by atoms with E-state index in [1.807, 2.05) is 89.6 Å². The number of nitrogens with zero attached hydrogens (tertiary/aromatic N) is 3. The molecule has 7 heteroatoms. The van der Waals surface area contributed by atoms with Crippen molar-refractivity contribution in [1.82, 2.24) is 14.4 Å². The normalized spacial score (nSPS) is 11.0. The molecule has 0 bridgehead atoms. The lowest BCUT2D eigenvalue weighted by molar-refractivity contribution is 0.0993. The molecule has 0 aliphatic carbocycles. The first-order valence-electron chi connectivity index (χ1n) is 10.2. The third-order valence-corrected chi connectivity index (χ3v) is 6.05. The van der Waals surface area contributed by atoms with Gasteiger partial charge in [0.1, 0.15) is 11.3 Å². The predicted octanol–water partition coefficient (Wildman–Crippen LogP) is 5.52. The van der Waals surface area contributed by atoms with Crippen molar-refractivity contribution in [3.8, 4) is 11.4 Å². The SMILES string of the molecule is Cc1nc2ccccn2c1-c1csc(Nc2cccc(C(=O)Cc3ccccc3N)c2)n1. The van der Waals surface area contributed by atoms with Crippen LogP contribution in [-0.2, 0) is 6.42 Å². The van der Waals surface area contributed by atoms with E-state index in [4.69, 9.17) is 10.7 Å². The number of hydrogen-bond donors (Lipinski definition) is 2. The van der Waals surface area contributed by atoms with Crippen LogP contribution in [0.5, 0.6) is 0 Å². The molecule has 5 rings (SSSR count). The Balaban J connectivity index is 1.37. The van der Waals surface area contributed by atoms with Crippen molar-refractivity contribution in [1.29, 1.82) is 0 Å². The van der Waals surface area contributed by atoms with E-state index in [9.17, 15) is 4.79 Å². The number of nitrogens with two attached hydrogens (primary N) is 1. The fourth-order valence-electron chi connectivity index (χ4n) is 3.73. The van der Waals surface area contributed by atoms with E-state index in [0.717, 1.165) is 39.1 Å². The number of thiazole rings is 1. The summed E-state index contributed by atoms with van der Waals surface area (Å²) < 4.78 is 2.04. The monoisotopic (exact) mass is 439 g/mol. The van der Waals surface area contributed by atoms with Gasteiger partial charge in [0.2, 0.25) is 0 Å². The quantitative estimate of drug-likeness (QED) is 0.269. The Morgan fingerprint density at radius 2 is 1.91 bits per heavy atom. The van der Waals surface area contributed by atoms with Crippen LogP contribution in [0.3, 0.4) is 0 Å². The van der Waals surface area contributed by atoms with Gasteiger partial charge in [0.15, 0.2) is 10.9 Å². The highest BCUT2D eigenvalue weighted by atomic mass is 32.1. The number of hydrogen-bond acceptors (Lipinski definition) is 6. The molecule has 3 heterocycles. The van der Waals surface area contributed by atoms with Crippen molar-refractivity contribution in [2.24, 2.45) is 0 Å². The van der Waals surface area contributed by atoms with Crippen molar-refractivity contribution < 1.29 is 4.79 Å². The van der Waals surface area contributed by atoms with Gasteiger partial charge in [-0.15, -0.1) is 11.3 Å². The maximum absolute atomic E-state index is 12.8. The van der Waals surface area contributed by atoms with Crippen LogP contribution >= 0.6 is 11.3 Å². The van der Waals surface area contributed by atoms with Crippen molar-refractivity contribution in [2.75, 3.05) is 11.1 Å². The number of anilines is 3. The van der Waals surface area contributed by atoms with Crippen molar-refractivity contribution in [2.45, 2.75) is 13.3 Å².